The second-order valence-corrected chi connectivity index (χ2v) is 4.90. The van der Waals surface area contributed by atoms with Gasteiger partial charge in [0.05, 0.1) is 18.0 Å². The summed E-state index contributed by atoms with van der Waals surface area (Å²) in [5, 5.41) is 6.48. The Labute approximate surface area is 106 Å². The first-order valence-electron chi connectivity index (χ1n) is 6.09. The second-order valence-electron chi connectivity index (χ2n) is 4.90. The van der Waals surface area contributed by atoms with E-state index in [1.54, 1.807) is 10.9 Å². The Morgan fingerprint density at radius 3 is 3.22 bits per heavy atom. The number of nitrogen functional groups attached to an aromatic ring is 1. The van der Waals surface area contributed by atoms with Crippen LogP contribution in [-0.4, -0.2) is 35.2 Å². The molecule has 0 saturated heterocycles. The van der Waals surface area contributed by atoms with Gasteiger partial charge in [-0.15, -0.1) is 0 Å². The molecule has 1 aliphatic heterocycles. The van der Waals surface area contributed by atoms with Crippen LogP contribution in [-0.2, 0) is 0 Å². The molecular weight excluding hydrogens is 226 g/mol. The molecule has 2 N–H and O–H groups in total. The van der Waals surface area contributed by atoms with Gasteiger partial charge in [0.15, 0.2) is 0 Å². The highest BCUT2D eigenvalue weighted by molar-refractivity contribution is 5.80. The summed E-state index contributed by atoms with van der Waals surface area (Å²) in [6.45, 7) is 3.55. The predicted molar refractivity (Wildman–Crippen MR) is 73.3 cm³/mol. The lowest BCUT2D eigenvalue weighted by Gasteiger charge is -2.21. The number of nitrogens with two attached hydrogens (primary N) is 1. The average Bonchev–Trinajstić information content (AvgIpc) is 3.07. The zero-order valence-electron chi connectivity index (χ0n) is 10.4. The zero-order valence-corrected chi connectivity index (χ0v) is 10.4. The van der Waals surface area contributed by atoms with E-state index in [1.807, 2.05) is 19.5 Å². The Balaban J connectivity index is 1.87. The van der Waals surface area contributed by atoms with Crippen LogP contribution in [0.15, 0.2) is 35.1 Å². The van der Waals surface area contributed by atoms with Gasteiger partial charge in [0, 0.05) is 31.6 Å². The predicted octanol–water partition coefficient (Wildman–Crippen LogP) is 1.17. The molecule has 0 aromatic carbocycles. The minimum atomic E-state index is 0.381. The molecule has 1 aromatic rings. The normalized spacial score (nSPS) is 29.6. The van der Waals surface area contributed by atoms with Gasteiger partial charge in [-0.05, 0) is 24.0 Å². The van der Waals surface area contributed by atoms with Crippen LogP contribution in [0.5, 0.6) is 0 Å². The van der Waals surface area contributed by atoms with Crippen molar-refractivity contribution in [2.45, 2.75) is 18.4 Å². The average molecular weight is 243 g/mol. The van der Waals surface area contributed by atoms with Gasteiger partial charge in [-0.1, -0.05) is 6.58 Å². The lowest BCUT2D eigenvalue weighted by molar-refractivity contribution is 0.310. The summed E-state index contributed by atoms with van der Waals surface area (Å²) in [7, 11) is 2.04. The van der Waals surface area contributed by atoms with Gasteiger partial charge in [0.1, 0.15) is 0 Å². The van der Waals surface area contributed by atoms with E-state index < -0.39 is 0 Å². The highest BCUT2D eigenvalue weighted by Gasteiger charge is 2.48. The van der Waals surface area contributed by atoms with Crippen LogP contribution in [0.25, 0.3) is 0 Å². The van der Waals surface area contributed by atoms with Crippen LogP contribution in [0.3, 0.4) is 0 Å². The van der Waals surface area contributed by atoms with Crippen molar-refractivity contribution in [2.75, 3.05) is 12.9 Å². The summed E-state index contributed by atoms with van der Waals surface area (Å²) >= 11 is 0. The summed E-state index contributed by atoms with van der Waals surface area (Å²) in [6.07, 6.45) is 8.42. The number of hydrogen-bond acceptors (Lipinski definition) is 4. The number of hydrogen-bond donors (Lipinski definition) is 1. The fourth-order valence-electron chi connectivity index (χ4n) is 2.66. The Bertz CT molecular complexity index is 527. The number of fused-ring (bicyclic) bond motifs is 1. The van der Waals surface area contributed by atoms with E-state index in [0.717, 1.165) is 5.69 Å². The third-order valence-corrected chi connectivity index (χ3v) is 3.75. The molecule has 1 aromatic heterocycles. The summed E-state index contributed by atoms with van der Waals surface area (Å²) in [6, 6.07) is 2.68. The standard InChI is InChI=1S/C13H17N5/c1-3-15-6-10-4-9(8-18(10)14)12-7-16-17(2)13-5-11(12)13/h3-4,6-8,11-13H,1,5,14H2,2H3. The number of aliphatic imine (C=N–C) groups is 1. The molecule has 1 saturated carbocycles. The first-order chi connectivity index (χ1) is 8.70. The second kappa shape index (κ2) is 4.01. The van der Waals surface area contributed by atoms with Crippen LogP contribution in [0.4, 0.5) is 0 Å². The maximum Gasteiger partial charge on any atom is 0.0803 e. The van der Waals surface area contributed by atoms with Gasteiger partial charge in [0.25, 0.3) is 0 Å². The smallest absolute Gasteiger partial charge is 0.0803 e. The fraction of sp³-hybridized carbons (Fsp3) is 0.385. The molecule has 94 valence electrons. The van der Waals surface area contributed by atoms with Crippen LogP contribution in [0, 0.1) is 5.92 Å². The topological polar surface area (TPSA) is 58.9 Å². The first-order valence-corrected chi connectivity index (χ1v) is 6.09. The molecule has 0 spiro atoms. The Morgan fingerprint density at radius 2 is 2.44 bits per heavy atom. The molecule has 0 amide bonds. The van der Waals surface area contributed by atoms with Gasteiger partial charge in [-0.2, -0.15) is 5.10 Å². The van der Waals surface area contributed by atoms with Crippen LogP contribution < -0.4 is 5.84 Å². The van der Waals surface area contributed by atoms with E-state index >= 15 is 0 Å². The van der Waals surface area contributed by atoms with E-state index in [1.165, 1.54) is 18.2 Å². The van der Waals surface area contributed by atoms with Crippen molar-refractivity contribution in [3.05, 3.63) is 36.3 Å². The number of nitrogens with zero attached hydrogens (tertiary/aromatic N) is 4. The molecule has 0 radical (unpaired) electrons. The van der Waals surface area contributed by atoms with Crippen molar-refractivity contribution in [1.29, 1.82) is 0 Å². The molecule has 3 atom stereocenters. The lowest BCUT2D eigenvalue weighted by atomic mass is 9.96. The summed E-state index contributed by atoms with van der Waals surface area (Å²) < 4.78 is 1.60. The Morgan fingerprint density at radius 1 is 1.61 bits per heavy atom. The van der Waals surface area contributed by atoms with Crippen molar-refractivity contribution in [3.63, 3.8) is 0 Å². The van der Waals surface area contributed by atoms with Crippen molar-refractivity contribution in [3.8, 4) is 0 Å². The van der Waals surface area contributed by atoms with E-state index in [4.69, 9.17) is 5.84 Å². The minimum Gasteiger partial charge on any atom is -0.339 e. The number of hydrazone groups is 1. The monoisotopic (exact) mass is 243 g/mol. The van der Waals surface area contributed by atoms with Gasteiger partial charge >= 0.3 is 0 Å². The molecule has 3 unspecified atom stereocenters. The molecule has 18 heavy (non-hydrogen) atoms. The van der Waals surface area contributed by atoms with Crippen LogP contribution in [0.1, 0.15) is 23.6 Å². The molecule has 1 fully saturated rings. The third kappa shape index (κ3) is 1.72. The summed E-state index contributed by atoms with van der Waals surface area (Å²) in [4.78, 5) is 4.00. The Hall–Kier alpha value is -2.04. The quantitative estimate of drug-likeness (QED) is 0.640. The molecular formula is C13H17N5. The molecule has 3 rings (SSSR count). The first kappa shape index (κ1) is 11.1. The van der Waals surface area contributed by atoms with E-state index in [2.05, 4.69) is 27.7 Å². The molecule has 2 heterocycles. The van der Waals surface area contributed by atoms with Crippen LogP contribution in [0.2, 0.25) is 0 Å². The molecule has 2 aliphatic rings. The van der Waals surface area contributed by atoms with Crippen molar-refractivity contribution in [2.24, 2.45) is 16.0 Å². The Kier molecular flexibility index (Phi) is 2.47. The number of rotatable bonds is 3. The largest absolute Gasteiger partial charge is 0.339 e. The maximum absolute atomic E-state index is 5.91. The van der Waals surface area contributed by atoms with Gasteiger partial charge in [0.2, 0.25) is 0 Å². The third-order valence-electron chi connectivity index (χ3n) is 3.75. The zero-order chi connectivity index (χ0) is 12.7. The maximum atomic E-state index is 5.91. The highest BCUT2D eigenvalue weighted by atomic mass is 15.5. The highest BCUT2D eigenvalue weighted by Crippen LogP contribution is 2.47. The van der Waals surface area contributed by atoms with Crippen LogP contribution >= 0.6 is 0 Å². The molecule has 5 heteroatoms. The molecule has 5 nitrogen and oxygen atoms in total. The summed E-state index contributed by atoms with van der Waals surface area (Å²) in [5.74, 6) is 6.97. The lowest BCUT2D eigenvalue weighted by Crippen LogP contribution is -2.24. The van der Waals surface area contributed by atoms with Crippen molar-refractivity contribution >= 4 is 12.4 Å². The van der Waals surface area contributed by atoms with Crippen molar-refractivity contribution < 1.29 is 0 Å². The van der Waals surface area contributed by atoms with E-state index in [-0.39, 0.29) is 0 Å². The van der Waals surface area contributed by atoms with Gasteiger partial charge in [-0.25, -0.2) is 0 Å². The SMILES string of the molecule is C=CN=Cc1cc(C2C=NN(C)C3CC23)cn1N. The van der Waals surface area contributed by atoms with E-state index in [9.17, 15) is 0 Å². The number of aromatic nitrogens is 1. The van der Waals surface area contributed by atoms with Crippen molar-refractivity contribution in [1.82, 2.24) is 9.69 Å². The minimum absolute atomic E-state index is 0.381. The van der Waals surface area contributed by atoms with Gasteiger partial charge in [-0.3, -0.25) is 14.7 Å². The van der Waals surface area contributed by atoms with Gasteiger partial charge < -0.3 is 5.84 Å². The molecule has 1 aliphatic carbocycles. The molecule has 0 bridgehead atoms. The fourth-order valence-corrected chi connectivity index (χ4v) is 2.66. The summed E-state index contributed by atoms with van der Waals surface area (Å²) in [5.41, 5.74) is 2.10. The van der Waals surface area contributed by atoms with E-state index in [0.29, 0.717) is 17.9 Å².